The molecule has 2 heteroatoms. The Hall–Kier alpha value is 0.112. The summed E-state index contributed by atoms with van der Waals surface area (Å²) in [5, 5.41) is 0. The van der Waals surface area contributed by atoms with Gasteiger partial charge in [-0.05, 0) is 0 Å². The van der Waals surface area contributed by atoms with Crippen molar-refractivity contribution in [2.45, 2.75) is 38.1 Å². The topological polar surface area (TPSA) is 12.4 Å². The first-order valence-electron chi connectivity index (χ1n) is 3.50. The van der Waals surface area contributed by atoms with Crippen molar-refractivity contribution >= 4 is 4.68 Å². The van der Waals surface area contributed by atoms with Crippen LogP contribution in [0.25, 0.3) is 0 Å². The van der Waals surface area contributed by atoms with Crippen molar-refractivity contribution in [3.8, 4) is 0 Å². The van der Waals surface area contributed by atoms with E-state index in [0.717, 1.165) is 0 Å². The second-order valence-electron chi connectivity index (χ2n) is 2.51. The molecule has 0 heterocycles. The van der Waals surface area contributed by atoms with Crippen LogP contribution in [0.3, 0.4) is 0 Å². The van der Waals surface area contributed by atoms with Crippen LogP contribution in [-0.4, -0.2) is 10.7 Å². The number of rotatable bonds is 1. The molecule has 1 aliphatic rings. The van der Waals surface area contributed by atoms with Crippen molar-refractivity contribution in [1.82, 2.24) is 0 Å². The molecule has 0 aromatic carbocycles. The summed E-state index contributed by atoms with van der Waals surface area (Å²) >= 11 is 2.67. The van der Waals surface area contributed by atoms with Gasteiger partial charge >= 0.3 is 63.7 Å². The van der Waals surface area contributed by atoms with Crippen LogP contribution in [0, 0.1) is 0 Å². The van der Waals surface area contributed by atoms with E-state index in [4.69, 9.17) is 0 Å². The summed E-state index contributed by atoms with van der Waals surface area (Å²) < 4.78 is 2.74. The van der Waals surface area contributed by atoms with Crippen LogP contribution in [0.1, 0.15) is 32.1 Å². The van der Waals surface area contributed by atoms with Crippen LogP contribution in [-0.2, 0) is 15.9 Å². The third-order valence-corrected chi connectivity index (χ3v) is 1.97. The molecule has 0 saturated heterocycles. The van der Waals surface area contributed by atoms with Crippen molar-refractivity contribution < 1.29 is 15.9 Å². The van der Waals surface area contributed by atoms with Crippen molar-refractivity contribution in [3.05, 3.63) is 0 Å². The Kier molecular flexibility index (Phi) is 3.22. The molecule has 0 aliphatic heterocycles. The molecule has 9 heavy (non-hydrogen) atoms. The van der Waals surface area contributed by atoms with Crippen LogP contribution in [0.15, 0.2) is 4.99 Å². The summed E-state index contributed by atoms with van der Waals surface area (Å²) in [6.07, 6.45) is 6.66. The van der Waals surface area contributed by atoms with E-state index in [1.165, 1.54) is 32.1 Å². The van der Waals surface area contributed by atoms with E-state index < -0.39 is 0 Å². The average Bonchev–Trinajstić information content (AvgIpc) is 1.91. The predicted octanol–water partition coefficient (Wildman–Crippen LogP) is 1.77. The van der Waals surface area contributed by atoms with E-state index in [1.54, 1.807) is 0 Å². The molecule has 0 radical (unpaired) electrons. The van der Waals surface area contributed by atoms with Gasteiger partial charge < -0.3 is 0 Å². The zero-order valence-electron chi connectivity index (χ0n) is 5.47. The quantitative estimate of drug-likeness (QED) is 0.520. The molecule has 0 N–H and O–H groups in total. The van der Waals surface area contributed by atoms with E-state index in [1.807, 2.05) is 0 Å². The van der Waals surface area contributed by atoms with E-state index in [0.29, 0.717) is 6.04 Å². The Bertz CT molecular complexity index is 121. The van der Waals surface area contributed by atoms with Gasteiger partial charge in [0.1, 0.15) is 0 Å². The predicted molar refractivity (Wildman–Crippen MR) is 34.3 cm³/mol. The molecule has 0 spiro atoms. The molecule has 50 valence electrons. The average molecular weight is 161 g/mol. The molecule has 1 fully saturated rings. The summed E-state index contributed by atoms with van der Waals surface area (Å²) in [6.45, 7) is 0. The third-order valence-electron chi connectivity index (χ3n) is 1.81. The van der Waals surface area contributed by atoms with Gasteiger partial charge in [0.25, 0.3) is 0 Å². The van der Waals surface area contributed by atoms with Crippen LogP contribution < -0.4 is 0 Å². The van der Waals surface area contributed by atoms with Gasteiger partial charge in [-0.3, -0.25) is 0 Å². The maximum absolute atomic E-state index is 4.18. The first-order valence-corrected chi connectivity index (χ1v) is 4.14. The Balaban J connectivity index is 2.31. The zero-order chi connectivity index (χ0) is 6.53. The van der Waals surface area contributed by atoms with E-state index in [-0.39, 0.29) is 0 Å². The molecule has 0 atom stereocenters. The Morgan fingerprint density at radius 1 is 1.22 bits per heavy atom. The van der Waals surface area contributed by atoms with Gasteiger partial charge in [0, 0.05) is 0 Å². The molecule has 0 aromatic rings. The number of nitrogens with zero attached hydrogens (tertiary/aromatic N) is 1. The van der Waals surface area contributed by atoms with Crippen LogP contribution in [0.2, 0.25) is 0 Å². The fourth-order valence-electron chi connectivity index (χ4n) is 1.28. The molecular weight excluding hydrogens is 150 g/mol. The van der Waals surface area contributed by atoms with Crippen molar-refractivity contribution in [3.63, 3.8) is 0 Å². The Morgan fingerprint density at radius 2 is 1.89 bits per heavy atom. The number of hydrogen-bond acceptors (Lipinski definition) is 1. The van der Waals surface area contributed by atoms with Gasteiger partial charge in [0.2, 0.25) is 0 Å². The first-order chi connectivity index (χ1) is 4.43. The van der Waals surface area contributed by atoms with Gasteiger partial charge in [-0.1, -0.05) is 0 Å². The van der Waals surface area contributed by atoms with Gasteiger partial charge in [-0.2, -0.15) is 0 Å². The van der Waals surface area contributed by atoms with Gasteiger partial charge in [-0.25, -0.2) is 0 Å². The normalized spacial score (nSPS) is 20.9. The summed E-state index contributed by atoms with van der Waals surface area (Å²) in [5.41, 5.74) is 0. The molecular formula is C7H11CrN. The SMILES string of the molecule is [Cr]=[C]=NC1CCCCC1. The van der Waals surface area contributed by atoms with Crippen molar-refractivity contribution in [2.75, 3.05) is 0 Å². The van der Waals surface area contributed by atoms with Crippen LogP contribution in [0.5, 0.6) is 0 Å². The van der Waals surface area contributed by atoms with Crippen molar-refractivity contribution in [1.29, 1.82) is 0 Å². The fourth-order valence-corrected chi connectivity index (χ4v) is 1.52. The zero-order valence-corrected chi connectivity index (χ0v) is 6.74. The fraction of sp³-hybridized carbons (Fsp3) is 0.857. The van der Waals surface area contributed by atoms with E-state index in [2.05, 4.69) is 25.5 Å². The Labute approximate surface area is 64.1 Å². The number of hydrogen-bond donors (Lipinski definition) is 0. The molecule has 0 unspecified atom stereocenters. The third kappa shape index (κ3) is 2.45. The molecule has 0 aromatic heterocycles. The van der Waals surface area contributed by atoms with E-state index in [9.17, 15) is 0 Å². The monoisotopic (exact) mass is 161 g/mol. The van der Waals surface area contributed by atoms with Gasteiger partial charge in [-0.15, -0.1) is 0 Å². The molecule has 0 bridgehead atoms. The summed E-state index contributed by atoms with van der Waals surface area (Å²) in [4.78, 5) is 4.18. The summed E-state index contributed by atoms with van der Waals surface area (Å²) in [6, 6.07) is 0.583. The first kappa shape index (κ1) is 7.22. The van der Waals surface area contributed by atoms with Crippen LogP contribution >= 0.6 is 0 Å². The molecule has 1 saturated carbocycles. The standard InChI is InChI=1S/C7H11N.Cr/c1-8-7-5-3-2-4-6-7;/h7H,2-6H2;. The van der Waals surface area contributed by atoms with E-state index >= 15 is 0 Å². The second-order valence-corrected chi connectivity index (χ2v) is 2.80. The van der Waals surface area contributed by atoms with Crippen LogP contribution in [0.4, 0.5) is 0 Å². The van der Waals surface area contributed by atoms with Gasteiger partial charge in [0.05, 0.1) is 0 Å². The molecule has 1 nitrogen and oxygen atoms in total. The maximum atomic E-state index is 4.18. The minimum absolute atomic E-state index is 0.583. The molecule has 1 rings (SSSR count). The van der Waals surface area contributed by atoms with Crippen molar-refractivity contribution in [2.24, 2.45) is 4.99 Å². The molecule has 0 amide bonds. The molecule has 1 aliphatic carbocycles. The Morgan fingerprint density at radius 3 is 2.44 bits per heavy atom. The second kappa shape index (κ2) is 4.01. The minimum atomic E-state index is 0.583. The van der Waals surface area contributed by atoms with Gasteiger partial charge in [0.15, 0.2) is 0 Å². The summed E-state index contributed by atoms with van der Waals surface area (Å²) in [7, 11) is 0. The number of aliphatic imine (C=N–C) groups is 1. The summed E-state index contributed by atoms with van der Waals surface area (Å²) in [5.74, 6) is 0.